The maximum atomic E-state index is 13.0. The molecule has 0 aliphatic rings. The van der Waals surface area contributed by atoms with Gasteiger partial charge in [-0.3, -0.25) is 4.79 Å². The van der Waals surface area contributed by atoms with Gasteiger partial charge >= 0.3 is 0 Å². The molecule has 0 spiro atoms. The van der Waals surface area contributed by atoms with Gasteiger partial charge in [0.05, 0.1) is 5.02 Å². The first kappa shape index (κ1) is 13.2. The topological polar surface area (TPSA) is 17.1 Å². The highest BCUT2D eigenvalue weighted by Crippen LogP contribution is 2.18. The van der Waals surface area contributed by atoms with Crippen molar-refractivity contribution in [2.24, 2.45) is 0 Å². The van der Waals surface area contributed by atoms with E-state index >= 15 is 0 Å². The first-order valence-electron chi connectivity index (χ1n) is 5.29. The van der Waals surface area contributed by atoms with Crippen molar-refractivity contribution in [2.75, 3.05) is 0 Å². The lowest BCUT2D eigenvalue weighted by molar-refractivity contribution is 0.0993. The molecule has 2 aromatic rings. The molecule has 0 N–H and O–H groups in total. The zero-order chi connectivity index (χ0) is 13.1. The van der Waals surface area contributed by atoms with Gasteiger partial charge < -0.3 is 0 Å². The Balaban J connectivity index is 2.16. The predicted octanol–water partition coefficient (Wildman–Crippen LogP) is 4.67. The lowest BCUT2D eigenvalue weighted by Gasteiger charge is -2.03. The second-order valence-corrected chi connectivity index (χ2v) is 5.18. The quantitative estimate of drug-likeness (QED) is 0.749. The summed E-state index contributed by atoms with van der Waals surface area (Å²) in [6.07, 6.45) is 0.273. The molecule has 0 fully saturated rings. The summed E-state index contributed by atoms with van der Waals surface area (Å²) in [5, 5.41) is -0.0309. The Morgan fingerprint density at radius 3 is 2.44 bits per heavy atom. The monoisotopic (exact) mass is 326 g/mol. The molecule has 0 amide bonds. The highest BCUT2D eigenvalue weighted by atomic mass is 79.9. The smallest absolute Gasteiger partial charge is 0.167 e. The van der Waals surface area contributed by atoms with E-state index in [1.807, 2.05) is 24.3 Å². The van der Waals surface area contributed by atoms with E-state index in [1.165, 1.54) is 18.2 Å². The van der Waals surface area contributed by atoms with E-state index in [2.05, 4.69) is 15.9 Å². The Morgan fingerprint density at radius 2 is 1.83 bits per heavy atom. The Morgan fingerprint density at radius 1 is 1.17 bits per heavy atom. The normalized spacial score (nSPS) is 10.4. The van der Waals surface area contributed by atoms with E-state index in [4.69, 9.17) is 11.6 Å². The highest BCUT2D eigenvalue weighted by molar-refractivity contribution is 9.10. The molecule has 0 aromatic heterocycles. The maximum absolute atomic E-state index is 13.0. The first-order valence-corrected chi connectivity index (χ1v) is 6.46. The zero-order valence-corrected chi connectivity index (χ0v) is 11.6. The van der Waals surface area contributed by atoms with Crippen LogP contribution < -0.4 is 0 Å². The lowest BCUT2D eigenvalue weighted by Crippen LogP contribution is -2.03. The van der Waals surface area contributed by atoms with Gasteiger partial charge in [-0.25, -0.2) is 4.39 Å². The van der Waals surface area contributed by atoms with Crippen LogP contribution in [0, 0.1) is 5.82 Å². The molecular formula is C14H9BrClFO. The van der Waals surface area contributed by atoms with E-state index in [-0.39, 0.29) is 17.2 Å². The number of rotatable bonds is 3. The molecule has 0 radical (unpaired) electrons. The maximum Gasteiger partial charge on any atom is 0.167 e. The fourth-order valence-corrected chi connectivity index (χ4v) is 2.00. The largest absolute Gasteiger partial charge is 0.294 e. The Bertz CT molecular complexity index is 581. The minimum absolute atomic E-state index is 0.0309. The summed E-state index contributed by atoms with van der Waals surface area (Å²) in [5.41, 5.74) is 1.33. The summed E-state index contributed by atoms with van der Waals surface area (Å²) >= 11 is 8.98. The minimum atomic E-state index is -0.517. The highest BCUT2D eigenvalue weighted by Gasteiger charge is 2.09. The van der Waals surface area contributed by atoms with Crippen molar-refractivity contribution in [3.05, 3.63) is 68.9 Å². The Hall–Kier alpha value is -1.19. The van der Waals surface area contributed by atoms with Crippen molar-refractivity contribution in [2.45, 2.75) is 6.42 Å². The average molecular weight is 328 g/mol. The third kappa shape index (κ3) is 3.18. The first-order chi connectivity index (χ1) is 8.56. The van der Waals surface area contributed by atoms with Crippen LogP contribution in [0.25, 0.3) is 0 Å². The van der Waals surface area contributed by atoms with Gasteiger partial charge in [0.25, 0.3) is 0 Å². The number of benzene rings is 2. The molecule has 18 heavy (non-hydrogen) atoms. The number of Topliss-reactive ketones (excluding diaryl/α,β-unsaturated/α-hetero) is 1. The molecule has 0 saturated carbocycles. The fraction of sp³-hybridized carbons (Fsp3) is 0.0714. The van der Waals surface area contributed by atoms with Crippen LogP contribution in [-0.2, 0) is 6.42 Å². The van der Waals surface area contributed by atoms with Crippen LogP contribution in [0.5, 0.6) is 0 Å². The molecular weight excluding hydrogens is 319 g/mol. The summed E-state index contributed by atoms with van der Waals surface area (Å²) in [6.45, 7) is 0. The predicted molar refractivity (Wildman–Crippen MR) is 73.6 cm³/mol. The number of halogens is 3. The lowest BCUT2D eigenvalue weighted by atomic mass is 10.0. The molecule has 2 rings (SSSR count). The number of hydrogen-bond acceptors (Lipinski definition) is 1. The summed E-state index contributed by atoms with van der Waals surface area (Å²) in [4.78, 5) is 12.0. The van der Waals surface area contributed by atoms with E-state index < -0.39 is 5.82 Å². The Labute approximate surface area is 118 Å². The van der Waals surface area contributed by atoms with Gasteiger partial charge in [-0.15, -0.1) is 0 Å². The molecule has 0 bridgehead atoms. The molecule has 0 unspecified atom stereocenters. The number of carbonyl (C=O) groups excluding carboxylic acids is 1. The van der Waals surface area contributed by atoms with Gasteiger partial charge in [0.15, 0.2) is 5.78 Å². The molecule has 0 saturated heterocycles. The third-order valence-corrected chi connectivity index (χ3v) is 3.34. The molecule has 1 nitrogen and oxygen atoms in total. The Kier molecular flexibility index (Phi) is 4.15. The van der Waals surface area contributed by atoms with Crippen LogP contribution in [0.1, 0.15) is 15.9 Å². The van der Waals surface area contributed by atoms with Crippen LogP contribution in [0.15, 0.2) is 46.9 Å². The van der Waals surface area contributed by atoms with Crippen molar-refractivity contribution in [1.29, 1.82) is 0 Å². The van der Waals surface area contributed by atoms with Crippen molar-refractivity contribution in [1.82, 2.24) is 0 Å². The summed E-state index contributed by atoms with van der Waals surface area (Å²) < 4.78 is 13.9. The second kappa shape index (κ2) is 5.63. The summed E-state index contributed by atoms with van der Waals surface area (Å²) in [5.74, 6) is -0.601. The number of hydrogen-bond donors (Lipinski definition) is 0. The van der Waals surface area contributed by atoms with Gasteiger partial charge in [0.1, 0.15) is 5.82 Å². The SMILES string of the molecule is O=C(Cc1ccc(Br)cc1)c1ccc(F)c(Cl)c1. The van der Waals surface area contributed by atoms with Crippen LogP contribution >= 0.6 is 27.5 Å². The molecule has 4 heteroatoms. The van der Waals surface area contributed by atoms with Crippen LogP contribution in [0.4, 0.5) is 4.39 Å². The molecule has 0 aliphatic heterocycles. The van der Waals surface area contributed by atoms with Crippen LogP contribution in [0.2, 0.25) is 5.02 Å². The number of ketones is 1. The van der Waals surface area contributed by atoms with E-state index in [0.29, 0.717) is 5.56 Å². The average Bonchev–Trinajstić information content (AvgIpc) is 2.35. The van der Waals surface area contributed by atoms with Gasteiger partial charge in [-0.1, -0.05) is 39.7 Å². The second-order valence-electron chi connectivity index (χ2n) is 3.86. The fourth-order valence-electron chi connectivity index (χ4n) is 1.56. The van der Waals surface area contributed by atoms with Crippen molar-refractivity contribution >= 4 is 33.3 Å². The molecule has 92 valence electrons. The van der Waals surface area contributed by atoms with Crippen molar-refractivity contribution in [3.8, 4) is 0 Å². The van der Waals surface area contributed by atoms with Gasteiger partial charge in [0.2, 0.25) is 0 Å². The zero-order valence-electron chi connectivity index (χ0n) is 9.29. The van der Waals surface area contributed by atoms with Gasteiger partial charge in [-0.2, -0.15) is 0 Å². The van der Waals surface area contributed by atoms with E-state index in [9.17, 15) is 9.18 Å². The standard InChI is InChI=1S/C14H9BrClFO/c15-11-4-1-9(2-5-11)7-14(18)10-3-6-13(17)12(16)8-10/h1-6,8H,7H2. The number of carbonyl (C=O) groups is 1. The summed E-state index contributed by atoms with van der Waals surface area (Å²) in [7, 11) is 0. The van der Waals surface area contributed by atoms with E-state index in [1.54, 1.807) is 0 Å². The van der Waals surface area contributed by atoms with E-state index in [0.717, 1.165) is 10.0 Å². The third-order valence-electron chi connectivity index (χ3n) is 2.52. The molecule has 2 aromatic carbocycles. The molecule has 0 aliphatic carbocycles. The van der Waals surface area contributed by atoms with Crippen LogP contribution in [-0.4, -0.2) is 5.78 Å². The molecule has 0 atom stereocenters. The van der Waals surface area contributed by atoms with Gasteiger partial charge in [0, 0.05) is 16.5 Å². The van der Waals surface area contributed by atoms with Crippen LogP contribution in [0.3, 0.4) is 0 Å². The van der Waals surface area contributed by atoms with Crippen molar-refractivity contribution in [3.63, 3.8) is 0 Å². The van der Waals surface area contributed by atoms with Crippen molar-refractivity contribution < 1.29 is 9.18 Å². The molecule has 0 heterocycles. The minimum Gasteiger partial charge on any atom is -0.294 e. The van der Waals surface area contributed by atoms with Gasteiger partial charge in [-0.05, 0) is 35.9 Å². The summed E-state index contributed by atoms with van der Waals surface area (Å²) in [6, 6.07) is 11.5.